The number of aromatic nitrogens is 5. The van der Waals surface area contributed by atoms with E-state index in [4.69, 9.17) is 10.5 Å². The first-order chi connectivity index (χ1) is 22.4. The number of carbonyl (C=O) groups excluding carboxylic acids is 2. The molecule has 1 saturated carbocycles. The molecule has 0 radical (unpaired) electrons. The molecule has 0 bridgehead atoms. The lowest BCUT2D eigenvalue weighted by molar-refractivity contribution is -0.130. The number of amides is 2. The number of rotatable bonds is 14. The van der Waals surface area contributed by atoms with Crippen LogP contribution in [0.5, 0.6) is 5.88 Å². The van der Waals surface area contributed by atoms with Gasteiger partial charge in [-0.05, 0) is 105 Å². The lowest BCUT2D eigenvalue weighted by Crippen LogP contribution is -2.48. The van der Waals surface area contributed by atoms with Gasteiger partial charge in [0.1, 0.15) is 6.04 Å². The van der Waals surface area contributed by atoms with Gasteiger partial charge in [-0.1, -0.05) is 24.3 Å². The van der Waals surface area contributed by atoms with Gasteiger partial charge in [0, 0.05) is 48.0 Å². The summed E-state index contributed by atoms with van der Waals surface area (Å²) < 4.78 is 5.78. The molecule has 0 aliphatic heterocycles. The summed E-state index contributed by atoms with van der Waals surface area (Å²) >= 11 is 0. The number of nitrogens with zero attached hydrogens (tertiary/aromatic N) is 5. The molecule has 46 heavy (non-hydrogen) atoms. The van der Waals surface area contributed by atoms with E-state index < -0.39 is 6.04 Å². The Labute approximate surface area is 269 Å². The Kier molecular flexibility index (Phi) is 11.4. The van der Waals surface area contributed by atoms with Gasteiger partial charge in [-0.15, -0.1) is 10.2 Å². The van der Waals surface area contributed by atoms with E-state index in [1.54, 1.807) is 18.3 Å². The third-order valence-corrected chi connectivity index (χ3v) is 8.38. The maximum atomic E-state index is 13.7. The number of carbonyl (C=O) groups is 2. The Balaban J connectivity index is 1.28. The zero-order chi connectivity index (χ0) is 32.3. The molecule has 1 aliphatic carbocycles. The molecule has 2 aromatic carbocycles. The highest BCUT2D eigenvalue weighted by atomic mass is 16.5. The van der Waals surface area contributed by atoms with Crippen molar-refractivity contribution >= 4 is 17.5 Å². The molecule has 12 nitrogen and oxygen atoms in total. The molecule has 0 spiro atoms. The van der Waals surface area contributed by atoms with Gasteiger partial charge in [0.25, 0.3) is 0 Å². The first kappa shape index (κ1) is 32.7. The normalized spacial score (nSPS) is 17.0. The summed E-state index contributed by atoms with van der Waals surface area (Å²) in [6.45, 7) is 2.20. The summed E-state index contributed by atoms with van der Waals surface area (Å²) in [6, 6.07) is 18.2. The van der Waals surface area contributed by atoms with Gasteiger partial charge in [0.2, 0.25) is 23.5 Å². The Morgan fingerprint density at radius 2 is 1.80 bits per heavy atom. The van der Waals surface area contributed by atoms with Crippen molar-refractivity contribution in [3.63, 3.8) is 0 Å². The molecule has 5 rings (SSSR count). The minimum absolute atomic E-state index is 0.0930. The number of nitrogens with one attached hydrogen (secondary N) is 3. The minimum atomic E-state index is -0.775. The van der Waals surface area contributed by atoms with Gasteiger partial charge in [0.15, 0.2) is 0 Å². The van der Waals surface area contributed by atoms with Crippen molar-refractivity contribution in [1.82, 2.24) is 35.8 Å². The van der Waals surface area contributed by atoms with Crippen LogP contribution < -0.4 is 21.1 Å². The quantitative estimate of drug-likeness (QED) is 0.153. The molecule has 2 amide bonds. The van der Waals surface area contributed by atoms with Crippen LogP contribution in [-0.4, -0.2) is 82.2 Å². The number of nitrogens with two attached hydrogens (primary N) is 1. The average molecular weight is 626 g/mol. The third kappa shape index (κ3) is 9.18. The van der Waals surface area contributed by atoms with E-state index >= 15 is 0 Å². The number of benzene rings is 2. The number of tetrazole rings is 1. The Bertz CT molecular complexity index is 1540. The van der Waals surface area contributed by atoms with E-state index in [1.807, 2.05) is 62.6 Å². The van der Waals surface area contributed by atoms with Crippen LogP contribution in [0.25, 0.3) is 22.5 Å². The molecule has 12 heteroatoms. The highest BCUT2D eigenvalue weighted by Crippen LogP contribution is 2.29. The predicted octanol–water partition coefficient (Wildman–Crippen LogP) is 3.69. The smallest absolute Gasteiger partial charge is 0.247 e. The van der Waals surface area contributed by atoms with E-state index in [1.165, 1.54) is 0 Å². The van der Waals surface area contributed by atoms with Gasteiger partial charge in [0.05, 0.1) is 6.61 Å². The Morgan fingerprint density at radius 3 is 2.48 bits per heavy atom. The molecule has 242 valence electrons. The zero-order valence-corrected chi connectivity index (χ0v) is 26.5. The number of pyridine rings is 1. The largest absolute Gasteiger partial charge is 0.478 e. The van der Waals surface area contributed by atoms with Crippen LogP contribution >= 0.6 is 0 Å². The van der Waals surface area contributed by atoms with Crippen LogP contribution in [0.4, 0.5) is 5.69 Å². The van der Waals surface area contributed by atoms with Gasteiger partial charge >= 0.3 is 0 Å². The van der Waals surface area contributed by atoms with Gasteiger partial charge in [-0.3, -0.25) is 9.59 Å². The number of hydrogen-bond acceptors (Lipinski definition) is 9. The summed E-state index contributed by atoms with van der Waals surface area (Å²) in [5.74, 6) is 0.991. The zero-order valence-electron chi connectivity index (χ0n) is 26.5. The van der Waals surface area contributed by atoms with Crippen LogP contribution in [-0.2, 0) is 16.0 Å². The fourth-order valence-corrected chi connectivity index (χ4v) is 5.68. The topological polar surface area (TPSA) is 164 Å². The molecule has 1 atom stereocenters. The maximum Gasteiger partial charge on any atom is 0.247 e. The number of hydrogen-bond donors (Lipinski definition) is 4. The number of H-pyrrole nitrogens is 1. The maximum absolute atomic E-state index is 13.7. The van der Waals surface area contributed by atoms with Gasteiger partial charge in [-0.2, -0.15) is 5.21 Å². The molecule has 5 N–H and O–H groups in total. The summed E-state index contributed by atoms with van der Waals surface area (Å²) in [5.41, 5.74) is 10.0. The second kappa shape index (κ2) is 16.1. The molecule has 0 saturated heterocycles. The molecular formula is C34H43N9O3. The van der Waals surface area contributed by atoms with E-state index in [0.29, 0.717) is 42.9 Å². The summed E-state index contributed by atoms with van der Waals surface area (Å²) in [5, 5.41) is 20.1. The third-order valence-electron chi connectivity index (χ3n) is 8.38. The lowest BCUT2D eigenvalue weighted by atomic mass is 9.81. The van der Waals surface area contributed by atoms with Crippen LogP contribution in [0.15, 0.2) is 66.9 Å². The van der Waals surface area contributed by atoms with Crippen molar-refractivity contribution in [2.24, 2.45) is 17.6 Å². The molecule has 1 aliphatic rings. The van der Waals surface area contributed by atoms with Gasteiger partial charge in [-0.25, -0.2) is 4.98 Å². The standard InChI is InChI=1S/C34H43N9O3/c1-43(2)17-4-18-46-31-16-13-28(22-36-31)27-6-3-5-24(19-27)20-30(38-33(44)26-9-7-23(21-35)8-10-26)34(45)37-29-14-11-25(12-15-29)32-39-41-42-40-32/h3,5-6,11-16,19,22-23,26,30H,4,7-10,17-18,20-21,35H2,1-2H3,(H,37,45)(H,38,44)(H,39,40,41,42)/t23?,26?,30-/m0/s1. The van der Waals surface area contributed by atoms with Crippen molar-refractivity contribution in [3.05, 3.63) is 72.4 Å². The predicted molar refractivity (Wildman–Crippen MR) is 177 cm³/mol. The second-order valence-corrected chi connectivity index (χ2v) is 12.1. The summed E-state index contributed by atoms with van der Waals surface area (Å²) in [7, 11) is 4.08. The SMILES string of the molecule is CN(C)CCCOc1ccc(-c2cccc(C[C@H](NC(=O)C3CCC(CN)CC3)C(=O)Nc3ccc(-c4nn[nH]n4)cc3)c2)cn1. The van der Waals surface area contributed by atoms with Crippen molar-refractivity contribution in [2.75, 3.05) is 39.1 Å². The van der Waals surface area contributed by atoms with Gasteiger partial charge < -0.3 is 26.0 Å². The van der Waals surface area contributed by atoms with E-state index in [9.17, 15) is 9.59 Å². The second-order valence-electron chi connectivity index (χ2n) is 12.1. The molecule has 4 aromatic rings. The number of ether oxygens (including phenoxy) is 1. The number of anilines is 1. The molecule has 1 fully saturated rings. The highest BCUT2D eigenvalue weighted by molar-refractivity contribution is 5.97. The van der Waals surface area contributed by atoms with E-state index in [-0.39, 0.29) is 17.7 Å². The van der Waals surface area contributed by atoms with Crippen LogP contribution in [0, 0.1) is 11.8 Å². The van der Waals surface area contributed by atoms with Crippen molar-refractivity contribution in [1.29, 1.82) is 0 Å². The fourth-order valence-electron chi connectivity index (χ4n) is 5.68. The van der Waals surface area contributed by atoms with Crippen LogP contribution in [0.1, 0.15) is 37.7 Å². The highest BCUT2D eigenvalue weighted by Gasteiger charge is 2.29. The molecular weight excluding hydrogens is 582 g/mol. The Hall–Kier alpha value is -4.68. The van der Waals surface area contributed by atoms with Crippen molar-refractivity contribution < 1.29 is 14.3 Å². The molecule has 2 heterocycles. The monoisotopic (exact) mass is 625 g/mol. The lowest BCUT2D eigenvalue weighted by Gasteiger charge is -2.28. The minimum Gasteiger partial charge on any atom is -0.478 e. The van der Waals surface area contributed by atoms with Crippen molar-refractivity contribution in [3.8, 4) is 28.4 Å². The van der Waals surface area contributed by atoms with E-state index in [0.717, 1.165) is 60.9 Å². The van der Waals surface area contributed by atoms with Crippen molar-refractivity contribution in [2.45, 2.75) is 44.6 Å². The first-order valence-corrected chi connectivity index (χ1v) is 15.9. The van der Waals surface area contributed by atoms with E-state index in [2.05, 4.69) is 41.1 Å². The Morgan fingerprint density at radius 1 is 1.02 bits per heavy atom. The number of aromatic amines is 1. The van der Waals surface area contributed by atoms with Crippen LogP contribution in [0.2, 0.25) is 0 Å². The summed E-state index contributed by atoms with van der Waals surface area (Å²) in [6.07, 6.45) is 6.44. The average Bonchev–Trinajstić information content (AvgIpc) is 3.62. The fraction of sp³-hybridized carbons (Fsp3) is 0.412. The first-order valence-electron chi connectivity index (χ1n) is 15.9. The molecule has 0 unspecified atom stereocenters. The summed E-state index contributed by atoms with van der Waals surface area (Å²) in [4.78, 5) is 33.7. The van der Waals surface area contributed by atoms with Crippen LogP contribution in [0.3, 0.4) is 0 Å². The molecule has 2 aromatic heterocycles.